The van der Waals surface area contributed by atoms with Gasteiger partial charge in [0.05, 0.1) is 66.1 Å². The molecule has 4 aliphatic rings. The van der Waals surface area contributed by atoms with Crippen LogP contribution >= 0.6 is 0 Å². The number of aliphatic hydroxyl groups is 2. The van der Waals surface area contributed by atoms with Gasteiger partial charge in [-0.15, -0.1) is 0 Å². The van der Waals surface area contributed by atoms with Crippen molar-refractivity contribution in [2.24, 2.45) is 5.92 Å². The zero-order chi connectivity index (χ0) is 40.9. The number of rotatable bonds is 13. The number of fused-ring (bicyclic) bond motifs is 3. The molecule has 4 aliphatic heterocycles. The zero-order valence-corrected chi connectivity index (χ0v) is 35.4. The topological polar surface area (TPSA) is 104 Å². The van der Waals surface area contributed by atoms with Crippen molar-refractivity contribution in [2.75, 3.05) is 0 Å². The fourth-order valence-corrected chi connectivity index (χ4v) is 9.52. The Hall–Kier alpha value is -2.95. The average Bonchev–Trinajstić information content (AvgIpc) is 3.39. The number of aliphatic hydroxyl groups excluding tert-OH is 1. The summed E-state index contributed by atoms with van der Waals surface area (Å²) in [4.78, 5) is 13.3. The van der Waals surface area contributed by atoms with E-state index in [0.717, 1.165) is 72.4 Å². The van der Waals surface area contributed by atoms with Crippen molar-refractivity contribution in [1.82, 2.24) is 0 Å². The van der Waals surface area contributed by atoms with Gasteiger partial charge in [0.15, 0.2) is 5.78 Å². The van der Waals surface area contributed by atoms with Gasteiger partial charge in [-0.25, -0.2) is 0 Å². The Bertz CT molecular complexity index is 1770. The van der Waals surface area contributed by atoms with Gasteiger partial charge in [-0.1, -0.05) is 85.8 Å². The maximum atomic E-state index is 13.3. The largest absolute Gasteiger partial charge is 0.391 e. The fourth-order valence-electron chi connectivity index (χ4n) is 9.52. The summed E-state index contributed by atoms with van der Waals surface area (Å²) in [6.45, 7) is 17.9. The second-order valence-electron chi connectivity index (χ2n) is 17.9. The summed E-state index contributed by atoms with van der Waals surface area (Å²) < 4.78 is 34.0. The number of hydrogen-bond donors (Lipinski definition) is 2. The molecule has 0 radical (unpaired) electrons. The van der Waals surface area contributed by atoms with E-state index in [0.29, 0.717) is 19.3 Å². The molecule has 4 fully saturated rings. The SMILES string of the molecule is C=C/C=C\CCC1OC2CCC3(C)OC(C(C)O)C(OC4CC(C)C(CC/C=C(C)/C(C)=C/C(=O)c5cccc6ccccc56)OC4C)CC3OC2CCC1(C)O. The highest BCUT2D eigenvalue weighted by Gasteiger charge is 2.54. The molecule has 13 atom stereocenters. The molecule has 0 bridgehead atoms. The van der Waals surface area contributed by atoms with E-state index in [9.17, 15) is 15.0 Å². The van der Waals surface area contributed by atoms with Crippen LogP contribution in [-0.4, -0.2) is 88.2 Å². The number of allylic oxidation sites excluding steroid dienone is 7. The third-order valence-corrected chi connectivity index (χ3v) is 13.3. The highest BCUT2D eigenvalue weighted by atomic mass is 16.6. The predicted octanol–water partition coefficient (Wildman–Crippen LogP) is 9.56. The number of ketones is 1. The van der Waals surface area contributed by atoms with E-state index in [1.54, 1.807) is 19.1 Å². The van der Waals surface area contributed by atoms with Crippen molar-refractivity contribution < 1.29 is 38.7 Å². The molecule has 0 saturated carbocycles. The molecule has 4 saturated heterocycles. The number of carbonyl (C=O) groups is 1. The van der Waals surface area contributed by atoms with Crippen LogP contribution in [0.5, 0.6) is 0 Å². The molecule has 0 aliphatic carbocycles. The quantitative estimate of drug-likeness (QED) is 0.118. The first-order valence-corrected chi connectivity index (χ1v) is 21.5. The Labute approximate surface area is 341 Å². The fraction of sp³-hybridized carbons (Fsp3) is 0.612. The minimum absolute atomic E-state index is 0.0201. The van der Waals surface area contributed by atoms with Crippen LogP contribution in [0.15, 0.2) is 90.6 Å². The molecule has 6 rings (SSSR count). The minimum Gasteiger partial charge on any atom is -0.391 e. The van der Waals surface area contributed by atoms with Gasteiger partial charge >= 0.3 is 0 Å². The molecule has 2 aromatic carbocycles. The zero-order valence-electron chi connectivity index (χ0n) is 35.4. The summed E-state index contributed by atoms with van der Waals surface area (Å²) in [5.41, 5.74) is 1.25. The molecular weight excluding hydrogens is 717 g/mol. The molecule has 0 spiro atoms. The summed E-state index contributed by atoms with van der Waals surface area (Å²) >= 11 is 0. The lowest BCUT2D eigenvalue weighted by Gasteiger charge is -2.50. The third kappa shape index (κ3) is 10.4. The number of ether oxygens (including phenoxy) is 5. The number of carbonyl (C=O) groups excluding carboxylic acids is 1. The number of benzene rings is 2. The van der Waals surface area contributed by atoms with E-state index in [1.807, 2.05) is 62.4 Å². The smallest absolute Gasteiger partial charge is 0.186 e. The first kappa shape index (κ1) is 43.6. The van der Waals surface area contributed by atoms with E-state index >= 15 is 0 Å². The predicted molar refractivity (Wildman–Crippen MR) is 226 cm³/mol. The van der Waals surface area contributed by atoms with Gasteiger partial charge < -0.3 is 33.9 Å². The molecule has 57 heavy (non-hydrogen) atoms. The van der Waals surface area contributed by atoms with E-state index in [-0.39, 0.29) is 60.5 Å². The molecule has 2 N–H and O–H groups in total. The maximum absolute atomic E-state index is 13.3. The van der Waals surface area contributed by atoms with Crippen molar-refractivity contribution in [3.05, 3.63) is 96.1 Å². The molecule has 312 valence electrons. The first-order chi connectivity index (χ1) is 27.2. The third-order valence-electron chi connectivity index (χ3n) is 13.3. The Morgan fingerprint density at radius 1 is 0.947 bits per heavy atom. The van der Waals surface area contributed by atoms with Crippen LogP contribution in [0.3, 0.4) is 0 Å². The highest BCUT2D eigenvalue weighted by molar-refractivity contribution is 6.13. The second-order valence-corrected chi connectivity index (χ2v) is 17.9. The van der Waals surface area contributed by atoms with Gasteiger partial charge in [0.1, 0.15) is 6.10 Å². The van der Waals surface area contributed by atoms with Crippen molar-refractivity contribution in [1.29, 1.82) is 0 Å². The van der Waals surface area contributed by atoms with Crippen LogP contribution in [-0.2, 0) is 23.7 Å². The normalized spacial score (nSPS) is 37.2. The lowest BCUT2D eigenvalue weighted by atomic mass is 9.83. The summed E-state index contributed by atoms with van der Waals surface area (Å²) in [5.74, 6) is 0.293. The molecule has 0 aromatic heterocycles. The van der Waals surface area contributed by atoms with E-state index in [2.05, 4.69) is 46.4 Å². The maximum Gasteiger partial charge on any atom is 0.186 e. The van der Waals surface area contributed by atoms with Crippen LogP contribution in [0.25, 0.3) is 10.8 Å². The van der Waals surface area contributed by atoms with E-state index < -0.39 is 23.4 Å². The Kier molecular flexibility index (Phi) is 14.5. The van der Waals surface area contributed by atoms with Crippen LogP contribution in [0, 0.1) is 5.92 Å². The van der Waals surface area contributed by atoms with Gasteiger partial charge in [-0.3, -0.25) is 4.79 Å². The Morgan fingerprint density at radius 3 is 2.46 bits per heavy atom. The molecule has 0 amide bonds. The van der Waals surface area contributed by atoms with Gasteiger partial charge in [0.25, 0.3) is 0 Å². The molecule has 8 nitrogen and oxygen atoms in total. The standard InChI is InChI=1S/C49H68O8/c1-9-10-11-12-23-45-48(7,52)26-24-41-42(55-45)25-27-49(8)46(56-41)30-44(47(57-49)34(5)50)54-43-29-33(4)40(53-35(43)6)22-15-17-31(2)32(3)28-39(51)38-21-16-19-36-18-13-14-20-37(36)38/h9-11,13-14,16-21,28,33-35,40-47,50,52H,1,12,15,22-27,29-30H2,2-8H3/b11-10-,31-17+,32-28+. The highest BCUT2D eigenvalue weighted by Crippen LogP contribution is 2.45. The second kappa shape index (κ2) is 19.0. The lowest BCUT2D eigenvalue weighted by Crippen LogP contribution is -2.60. The summed E-state index contributed by atoms with van der Waals surface area (Å²) in [6.07, 6.45) is 14.6. The van der Waals surface area contributed by atoms with Crippen molar-refractivity contribution in [3.8, 4) is 0 Å². The van der Waals surface area contributed by atoms with Crippen LogP contribution in [0.2, 0.25) is 0 Å². The average molecular weight is 785 g/mol. The Morgan fingerprint density at radius 2 is 1.68 bits per heavy atom. The van der Waals surface area contributed by atoms with Crippen LogP contribution in [0.4, 0.5) is 0 Å². The van der Waals surface area contributed by atoms with Gasteiger partial charge in [-0.05, 0) is 128 Å². The monoisotopic (exact) mass is 784 g/mol. The first-order valence-electron chi connectivity index (χ1n) is 21.5. The summed E-state index contributed by atoms with van der Waals surface area (Å²) in [7, 11) is 0. The Balaban J connectivity index is 1.05. The minimum atomic E-state index is -0.942. The van der Waals surface area contributed by atoms with E-state index in [4.69, 9.17) is 23.7 Å². The molecule has 8 heteroatoms. The van der Waals surface area contributed by atoms with Crippen molar-refractivity contribution >= 4 is 16.6 Å². The van der Waals surface area contributed by atoms with Gasteiger partial charge in [-0.2, -0.15) is 0 Å². The lowest BCUT2D eigenvalue weighted by molar-refractivity contribution is -0.281. The number of hydrogen-bond acceptors (Lipinski definition) is 8. The molecular formula is C49H68O8. The van der Waals surface area contributed by atoms with Crippen molar-refractivity contribution in [3.63, 3.8) is 0 Å². The van der Waals surface area contributed by atoms with Gasteiger partial charge in [0, 0.05) is 12.0 Å². The summed E-state index contributed by atoms with van der Waals surface area (Å²) in [6, 6.07) is 13.9. The van der Waals surface area contributed by atoms with Crippen molar-refractivity contribution in [2.45, 2.75) is 185 Å². The van der Waals surface area contributed by atoms with Crippen LogP contribution < -0.4 is 0 Å². The van der Waals surface area contributed by atoms with Gasteiger partial charge in [0.2, 0.25) is 0 Å². The molecule has 13 unspecified atom stereocenters. The molecule has 2 aromatic rings. The van der Waals surface area contributed by atoms with Crippen LogP contribution in [0.1, 0.15) is 123 Å². The molecule has 4 heterocycles. The van der Waals surface area contributed by atoms with E-state index in [1.165, 1.54) is 0 Å². The summed E-state index contributed by atoms with van der Waals surface area (Å²) in [5, 5.41) is 24.5.